The van der Waals surface area contributed by atoms with Crippen LogP contribution in [0.4, 0.5) is 0 Å². The van der Waals surface area contributed by atoms with Gasteiger partial charge in [0.1, 0.15) is 0 Å². The molecule has 0 aliphatic carbocycles. The van der Waals surface area contributed by atoms with E-state index in [-0.39, 0.29) is 23.4 Å². The molecule has 164 valence electrons. The molecule has 4 atom stereocenters. The quantitative estimate of drug-likeness (QED) is 0.608. The highest BCUT2D eigenvalue weighted by atomic mass is 32.2. The van der Waals surface area contributed by atoms with Gasteiger partial charge in [-0.3, -0.25) is 0 Å². The van der Waals surface area contributed by atoms with E-state index in [2.05, 4.69) is 33.9 Å². The third kappa shape index (κ3) is 5.31. The van der Waals surface area contributed by atoms with E-state index < -0.39 is 23.6 Å². The number of sulfone groups is 1. The van der Waals surface area contributed by atoms with Crippen LogP contribution in [0.5, 0.6) is 0 Å². The van der Waals surface area contributed by atoms with Crippen LogP contribution in [0.2, 0.25) is 18.1 Å². The standard InChI is InChI=1S/C22H36O5SSi/c1-22(2,3)29(4,5)25-16-17-10-9-13-19-20(26-17)14-15-21(27-19)28(23,24)18-11-7-6-8-12-18/h6-8,11-12,17,19-21H,9-10,13-16H2,1-5H3/t17-,19+,20-,21?/m1/s1. The van der Waals surface area contributed by atoms with Crippen LogP contribution in [0, 0.1) is 0 Å². The van der Waals surface area contributed by atoms with Crippen LogP contribution in [-0.2, 0) is 23.7 Å². The summed E-state index contributed by atoms with van der Waals surface area (Å²) in [7, 11) is -5.29. The van der Waals surface area contributed by atoms with Gasteiger partial charge in [-0.25, -0.2) is 8.42 Å². The second-order valence-corrected chi connectivity index (χ2v) is 16.7. The summed E-state index contributed by atoms with van der Waals surface area (Å²) in [6.45, 7) is 11.9. The lowest BCUT2D eigenvalue weighted by Gasteiger charge is -2.38. The number of hydrogen-bond donors (Lipinski definition) is 0. The Kier molecular flexibility index (Phi) is 6.95. The smallest absolute Gasteiger partial charge is 0.205 e. The summed E-state index contributed by atoms with van der Waals surface area (Å²) >= 11 is 0. The van der Waals surface area contributed by atoms with Crippen LogP contribution in [0.15, 0.2) is 35.2 Å². The highest BCUT2D eigenvalue weighted by Crippen LogP contribution is 2.38. The molecule has 0 bridgehead atoms. The lowest BCUT2D eigenvalue weighted by Crippen LogP contribution is -2.45. The molecule has 0 amide bonds. The molecule has 0 spiro atoms. The fraction of sp³-hybridized carbons (Fsp3) is 0.727. The molecule has 1 unspecified atom stereocenters. The van der Waals surface area contributed by atoms with Gasteiger partial charge in [0.2, 0.25) is 9.84 Å². The molecular weight excluding hydrogens is 404 g/mol. The number of fused-ring (bicyclic) bond motifs is 1. The lowest BCUT2D eigenvalue weighted by molar-refractivity contribution is -0.135. The normalized spacial score (nSPS) is 29.1. The Morgan fingerprint density at radius 2 is 1.66 bits per heavy atom. The third-order valence-electron chi connectivity index (χ3n) is 6.66. The Morgan fingerprint density at radius 3 is 2.31 bits per heavy atom. The first-order chi connectivity index (χ1) is 13.5. The van der Waals surface area contributed by atoms with E-state index in [1.54, 1.807) is 24.3 Å². The van der Waals surface area contributed by atoms with E-state index in [1.807, 2.05) is 6.07 Å². The molecule has 2 aliphatic rings. The summed E-state index contributed by atoms with van der Waals surface area (Å²) in [5, 5.41) is 0.174. The van der Waals surface area contributed by atoms with Crippen molar-refractivity contribution >= 4 is 18.2 Å². The number of rotatable bonds is 5. The van der Waals surface area contributed by atoms with Gasteiger partial charge in [0.15, 0.2) is 13.8 Å². The van der Waals surface area contributed by atoms with Crippen molar-refractivity contribution in [1.82, 2.24) is 0 Å². The van der Waals surface area contributed by atoms with E-state index >= 15 is 0 Å². The molecule has 0 saturated carbocycles. The van der Waals surface area contributed by atoms with Gasteiger partial charge >= 0.3 is 0 Å². The Balaban J connectivity index is 1.61. The van der Waals surface area contributed by atoms with Crippen LogP contribution < -0.4 is 0 Å². The minimum absolute atomic E-state index is 0.0484. The van der Waals surface area contributed by atoms with Gasteiger partial charge in [-0.1, -0.05) is 39.0 Å². The molecule has 7 heteroatoms. The molecule has 1 aromatic rings. The zero-order valence-corrected chi connectivity index (χ0v) is 20.2. The summed E-state index contributed by atoms with van der Waals surface area (Å²) in [6, 6.07) is 8.60. The maximum atomic E-state index is 12.9. The molecule has 0 radical (unpaired) electrons. The molecular formula is C22H36O5SSi. The molecule has 3 rings (SSSR count). The number of benzene rings is 1. The summed E-state index contributed by atoms with van der Waals surface area (Å²) in [6.07, 6.45) is 3.75. The van der Waals surface area contributed by atoms with Crippen LogP contribution >= 0.6 is 0 Å². The Labute approximate surface area is 177 Å². The Hall–Kier alpha value is -0.733. The predicted octanol–water partition coefficient (Wildman–Crippen LogP) is 4.92. The van der Waals surface area contributed by atoms with E-state index in [1.165, 1.54) is 0 Å². The van der Waals surface area contributed by atoms with Gasteiger partial charge < -0.3 is 13.9 Å². The first-order valence-electron chi connectivity index (χ1n) is 10.7. The molecule has 2 heterocycles. The van der Waals surface area contributed by atoms with Gasteiger partial charge in [0.05, 0.1) is 29.8 Å². The van der Waals surface area contributed by atoms with E-state index in [0.29, 0.717) is 24.3 Å². The van der Waals surface area contributed by atoms with Crippen molar-refractivity contribution in [2.24, 2.45) is 0 Å². The van der Waals surface area contributed by atoms with E-state index in [4.69, 9.17) is 13.9 Å². The highest BCUT2D eigenvalue weighted by Gasteiger charge is 2.42. The fourth-order valence-corrected chi connectivity index (χ4v) is 6.35. The second-order valence-electron chi connectivity index (χ2n) is 9.84. The number of ether oxygens (including phenoxy) is 2. The lowest BCUT2D eigenvalue weighted by atomic mass is 10.0. The summed E-state index contributed by atoms with van der Waals surface area (Å²) in [5.74, 6) is 0. The highest BCUT2D eigenvalue weighted by molar-refractivity contribution is 7.91. The van der Waals surface area contributed by atoms with Crippen LogP contribution in [-0.4, -0.2) is 47.1 Å². The largest absolute Gasteiger partial charge is 0.414 e. The van der Waals surface area contributed by atoms with Crippen molar-refractivity contribution in [2.75, 3.05) is 6.61 Å². The summed E-state index contributed by atoms with van der Waals surface area (Å²) in [5.41, 5.74) is -0.783. The van der Waals surface area contributed by atoms with Crippen molar-refractivity contribution in [3.63, 3.8) is 0 Å². The van der Waals surface area contributed by atoms with Crippen molar-refractivity contribution in [2.45, 2.75) is 99.7 Å². The monoisotopic (exact) mass is 440 g/mol. The van der Waals surface area contributed by atoms with Crippen molar-refractivity contribution in [1.29, 1.82) is 0 Å². The molecule has 2 aliphatic heterocycles. The topological polar surface area (TPSA) is 61.8 Å². The van der Waals surface area contributed by atoms with Crippen molar-refractivity contribution < 1.29 is 22.3 Å². The van der Waals surface area contributed by atoms with E-state index in [0.717, 1.165) is 19.3 Å². The van der Waals surface area contributed by atoms with Gasteiger partial charge in [-0.2, -0.15) is 0 Å². The fourth-order valence-electron chi connectivity index (χ4n) is 3.74. The molecule has 0 aromatic heterocycles. The van der Waals surface area contributed by atoms with Crippen LogP contribution in [0.3, 0.4) is 0 Å². The maximum Gasteiger partial charge on any atom is 0.205 e. The predicted molar refractivity (Wildman–Crippen MR) is 117 cm³/mol. The molecule has 5 nitrogen and oxygen atoms in total. The van der Waals surface area contributed by atoms with E-state index in [9.17, 15) is 8.42 Å². The minimum Gasteiger partial charge on any atom is -0.414 e. The molecule has 2 saturated heterocycles. The zero-order chi connectivity index (χ0) is 21.3. The molecule has 2 fully saturated rings. The SMILES string of the molecule is CC(C)(C)[Si](C)(C)OC[C@H]1CCC[C@@H]2OC(S(=O)(=O)c3ccccc3)CC[C@H]2O1. The second kappa shape index (κ2) is 8.79. The Bertz CT molecular complexity index is 772. The van der Waals surface area contributed by atoms with Crippen molar-refractivity contribution in [3.05, 3.63) is 30.3 Å². The molecule has 1 aromatic carbocycles. The van der Waals surface area contributed by atoms with Crippen LogP contribution in [0.1, 0.15) is 52.9 Å². The molecule has 0 N–H and O–H groups in total. The Morgan fingerprint density at radius 1 is 1.00 bits per heavy atom. The van der Waals surface area contributed by atoms with Gasteiger partial charge in [0.25, 0.3) is 0 Å². The van der Waals surface area contributed by atoms with Gasteiger partial charge in [-0.15, -0.1) is 0 Å². The van der Waals surface area contributed by atoms with Crippen LogP contribution in [0.25, 0.3) is 0 Å². The van der Waals surface area contributed by atoms with Gasteiger partial charge in [-0.05, 0) is 62.4 Å². The zero-order valence-electron chi connectivity index (χ0n) is 18.4. The average molecular weight is 441 g/mol. The summed E-state index contributed by atoms with van der Waals surface area (Å²) in [4.78, 5) is 0.332. The number of hydrogen-bond acceptors (Lipinski definition) is 5. The summed E-state index contributed by atoms with van der Waals surface area (Å²) < 4.78 is 44.7. The third-order valence-corrected chi connectivity index (χ3v) is 13.1. The average Bonchev–Trinajstić information content (AvgIpc) is 2.87. The van der Waals surface area contributed by atoms with Gasteiger partial charge in [0, 0.05) is 0 Å². The first kappa shape index (κ1) is 22.9. The first-order valence-corrected chi connectivity index (χ1v) is 15.2. The minimum atomic E-state index is -3.48. The molecule has 29 heavy (non-hydrogen) atoms. The van der Waals surface area contributed by atoms with Crippen molar-refractivity contribution in [3.8, 4) is 0 Å². The maximum absolute atomic E-state index is 12.9.